The van der Waals surface area contributed by atoms with E-state index in [1.54, 1.807) is 18.2 Å². The lowest BCUT2D eigenvalue weighted by atomic mass is 10.0. The van der Waals surface area contributed by atoms with E-state index in [4.69, 9.17) is 5.11 Å². The van der Waals surface area contributed by atoms with Gasteiger partial charge in [0.1, 0.15) is 0 Å². The minimum absolute atomic E-state index is 0.0493. The van der Waals surface area contributed by atoms with Crippen molar-refractivity contribution in [3.05, 3.63) is 64.7 Å². The van der Waals surface area contributed by atoms with Crippen LogP contribution in [-0.4, -0.2) is 40.9 Å². The highest BCUT2D eigenvalue weighted by Gasteiger charge is 2.24. The number of nitrogens with zero attached hydrogens (tertiary/aromatic N) is 1. The monoisotopic (exact) mass is 366 g/mol. The molecule has 27 heavy (non-hydrogen) atoms. The first kappa shape index (κ1) is 18.6. The molecule has 2 aromatic rings. The van der Waals surface area contributed by atoms with Crippen LogP contribution in [0.15, 0.2) is 42.5 Å². The van der Waals surface area contributed by atoms with Gasteiger partial charge in [-0.25, -0.2) is 4.79 Å². The fraction of sp³-hybridized carbons (Fsp3) is 0.286. The first-order valence-electron chi connectivity index (χ1n) is 8.96. The summed E-state index contributed by atoms with van der Waals surface area (Å²) in [5.41, 5.74) is 2.76. The third kappa shape index (κ3) is 4.34. The molecular formula is C21H22N2O4. The zero-order valence-electron chi connectivity index (χ0n) is 15.2. The van der Waals surface area contributed by atoms with Gasteiger partial charge in [-0.3, -0.25) is 9.59 Å². The van der Waals surface area contributed by atoms with Gasteiger partial charge in [-0.05, 0) is 49.1 Å². The molecule has 6 heteroatoms. The predicted molar refractivity (Wildman–Crippen MR) is 102 cm³/mol. The van der Waals surface area contributed by atoms with E-state index in [0.717, 1.165) is 31.5 Å². The Morgan fingerprint density at radius 1 is 1.04 bits per heavy atom. The van der Waals surface area contributed by atoms with Gasteiger partial charge in [0.2, 0.25) is 5.91 Å². The van der Waals surface area contributed by atoms with E-state index in [9.17, 15) is 14.4 Å². The molecule has 1 saturated heterocycles. The second-order valence-electron chi connectivity index (χ2n) is 6.72. The number of aromatic carboxylic acids is 1. The number of benzene rings is 2. The number of carbonyl (C=O) groups is 3. The summed E-state index contributed by atoms with van der Waals surface area (Å²) in [7, 11) is 0. The molecule has 6 nitrogen and oxygen atoms in total. The Labute approximate surface area is 157 Å². The van der Waals surface area contributed by atoms with Gasteiger partial charge in [0.15, 0.2) is 0 Å². The molecule has 0 unspecified atom stereocenters. The van der Waals surface area contributed by atoms with Crippen molar-refractivity contribution >= 4 is 23.5 Å². The first-order valence-corrected chi connectivity index (χ1v) is 8.96. The van der Waals surface area contributed by atoms with E-state index in [1.165, 1.54) is 12.1 Å². The number of carboxylic acid groups (broad SMARTS) is 1. The Hall–Kier alpha value is -3.15. The van der Waals surface area contributed by atoms with Crippen molar-refractivity contribution in [2.75, 3.05) is 18.4 Å². The summed E-state index contributed by atoms with van der Waals surface area (Å²) in [4.78, 5) is 38.0. The van der Waals surface area contributed by atoms with Crippen LogP contribution in [0.2, 0.25) is 0 Å². The van der Waals surface area contributed by atoms with Crippen LogP contribution in [0, 0.1) is 6.92 Å². The van der Waals surface area contributed by atoms with Crippen molar-refractivity contribution in [2.45, 2.75) is 26.2 Å². The van der Waals surface area contributed by atoms with Crippen molar-refractivity contribution in [2.24, 2.45) is 0 Å². The quantitative estimate of drug-likeness (QED) is 0.851. The Morgan fingerprint density at radius 2 is 1.70 bits per heavy atom. The van der Waals surface area contributed by atoms with Crippen molar-refractivity contribution in [3.63, 3.8) is 0 Å². The number of carboxylic acids is 1. The van der Waals surface area contributed by atoms with Crippen LogP contribution in [0.4, 0.5) is 5.69 Å². The summed E-state index contributed by atoms with van der Waals surface area (Å²) < 4.78 is 0. The molecule has 0 aromatic heterocycles. The third-order valence-electron chi connectivity index (χ3n) is 4.72. The van der Waals surface area contributed by atoms with E-state index >= 15 is 0 Å². The van der Waals surface area contributed by atoms with Crippen LogP contribution in [0.5, 0.6) is 0 Å². The first-order chi connectivity index (χ1) is 13.0. The van der Waals surface area contributed by atoms with Gasteiger partial charge in [0, 0.05) is 13.1 Å². The highest BCUT2D eigenvalue weighted by molar-refractivity contribution is 6.05. The Balaban J connectivity index is 1.74. The van der Waals surface area contributed by atoms with E-state index < -0.39 is 5.97 Å². The van der Waals surface area contributed by atoms with E-state index in [2.05, 4.69) is 5.32 Å². The van der Waals surface area contributed by atoms with Crippen LogP contribution in [0.3, 0.4) is 0 Å². The molecule has 1 heterocycles. The molecule has 3 rings (SSSR count). The van der Waals surface area contributed by atoms with Crippen molar-refractivity contribution < 1.29 is 19.5 Å². The maximum absolute atomic E-state index is 12.8. The lowest BCUT2D eigenvalue weighted by molar-refractivity contribution is -0.115. The second kappa shape index (κ2) is 8.03. The predicted octanol–water partition coefficient (Wildman–Crippen LogP) is 3.11. The molecule has 0 radical (unpaired) electrons. The van der Waals surface area contributed by atoms with Crippen molar-refractivity contribution in [3.8, 4) is 0 Å². The molecule has 0 bridgehead atoms. The number of amides is 2. The molecule has 0 aliphatic carbocycles. The molecular weight excluding hydrogens is 344 g/mol. The fourth-order valence-corrected chi connectivity index (χ4v) is 3.28. The minimum atomic E-state index is -1.00. The molecule has 0 spiro atoms. The lowest BCUT2D eigenvalue weighted by Crippen LogP contribution is -2.29. The molecule has 1 aliphatic rings. The standard InChI is InChI=1S/C21H22N2O4/c1-14-5-4-6-17(19(14)20(25)23-11-2-3-12-23)22-18(24)13-15-7-9-16(10-8-15)21(26)27/h4-10H,2-3,11-13H2,1H3,(H,22,24)(H,26,27). The van der Waals surface area contributed by atoms with E-state index in [1.807, 2.05) is 24.0 Å². The van der Waals surface area contributed by atoms with Gasteiger partial charge in [-0.15, -0.1) is 0 Å². The molecule has 0 saturated carbocycles. The smallest absolute Gasteiger partial charge is 0.335 e. The van der Waals surface area contributed by atoms with Gasteiger partial charge in [0.25, 0.3) is 5.91 Å². The molecule has 2 N–H and O–H groups in total. The minimum Gasteiger partial charge on any atom is -0.478 e. The Morgan fingerprint density at radius 3 is 2.33 bits per heavy atom. The number of hydrogen-bond donors (Lipinski definition) is 2. The van der Waals surface area contributed by atoms with Gasteiger partial charge in [-0.2, -0.15) is 0 Å². The highest BCUT2D eigenvalue weighted by Crippen LogP contribution is 2.24. The second-order valence-corrected chi connectivity index (χ2v) is 6.72. The lowest BCUT2D eigenvalue weighted by Gasteiger charge is -2.19. The maximum Gasteiger partial charge on any atom is 0.335 e. The van der Waals surface area contributed by atoms with Crippen molar-refractivity contribution in [1.82, 2.24) is 4.90 Å². The summed E-state index contributed by atoms with van der Waals surface area (Å²) in [6, 6.07) is 11.6. The third-order valence-corrected chi connectivity index (χ3v) is 4.72. The van der Waals surface area contributed by atoms with E-state index in [-0.39, 0.29) is 23.8 Å². The molecule has 1 aliphatic heterocycles. The average Bonchev–Trinajstić information content (AvgIpc) is 3.16. The van der Waals surface area contributed by atoms with Gasteiger partial charge in [-0.1, -0.05) is 24.3 Å². The van der Waals surface area contributed by atoms with Gasteiger partial charge >= 0.3 is 5.97 Å². The number of rotatable bonds is 5. The highest BCUT2D eigenvalue weighted by atomic mass is 16.4. The fourth-order valence-electron chi connectivity index (χ4n) is 3.28. The van der Waals surface area contributed by atoms with Gasteiger partial charge in [0.05, 0.1) is 23.2 Å². The Bertz CT molecular complexity index is 868. The number of nitrogens with one attached hydrogen (secondary N) is 1. The normalized spacial score (nSPS) is 13.4. The number of carbonyl (C=O) groups excluding carboxylic acids is 2. The number of aryl methyl sites for hydroxylation is 1. The summed E-state index contributed by atoms with van der Waals surface area (Å²) in [5.74, 6) is -1.30. The number of likely N-dealkylation sites (tertiary alicyclic amines) is 1. The van der Waals surface area contributed by atoms with Gasteiger partial charge < -0.3 is 15.3 Å². The zero-order valence-corrected chi connectivity index (χ0v) is 15.2. The molecule has 1 fully saturated rings. The molecule has 2 amide bonds. The average molecular weight is 366 g/mol. The van der Waals surface area contributed by atoms with E-state index in [0.29, 0.717) is 16.8 Å². The molecule has 2 aromatic carbocycles. The summed E-state index contributed by atoms with van der Waals surface area (Å²) in [5, 5.41) is 11.8. The number of hydrogen-bond acceptors (Lipinski definition) is 3. The summed E-state index contributed by atoms with van der Waals surface area (Å²) >= 11 is 0. The largest absolute Gasteiger partial charge is 0.478 e. The summed E-state index contributed by atoms with van der Waals surface area (Å²) in [6.45, 7) is 3.36. The van der Waals surface area contributed by atoms with Crippen LogP contribution in [0.1, 0.15) is 44.7 Å². The summed E-state index contributed by atoms with van der Waals surface area (Å²) in [6.07, 6.45) is 2.11. The topological polar surface area (TPSA) is 86.7 Å². The molecule has 140 valence electrons. The van der Waals surface area contributed by atoms with Crippen LogP contribution in [0.25, 0.3) is 0 Å². The molecule has 0 atom stereocenters. The van der Waals surface area contributed by atoms with Crippen molar-refractivity contribution in [1.29, 1.82) is 0 Å². The van der Waals surface area contributed by atoms with Crippen LogP contribution in [-0.2, 0) is 11.2 Å². The van der Waals surface area contributed by atoms with Crippen LogP contribution < -0.4 is 5.32 Å². The van der Waals surface area contributed by atoms with Crippen LogP contribution >= 0.6 is 0 Å². The maximum atomic E-state index is 12.8. The number of anilines is 1. The SMILES string of the molecule is Cc1cccc(NC(=O)Cc2ccc(C(=O)O)cc2)c1C(=O)N1CCCC1. The zero-order chi connectivity index (χ0) is 19.4. The Kier molecular flexibility index (Phi) is 5.54.